The zero-order valence-electron chi connectivity index (χ0n) is 15.7. The minimum Gasteiger partial charge on any atom is -0.378 e. The molecule has 7 heteroatoms. The van der Waals surface area contributed by atoms with E-state index in [9.17, 15) is 4.79 Å². The van der Waals surface area contributed by atoms with E-state index in [0.29, 0.717) is 12.6 Å². The molecule has 0 radical (unpaired) electrons. The van der Waals surface area contributed by atoms with Crippen LogP contribution in [0, 0.1) is 6.92 Å². The van der Waals surface area contributed by atoms with Gasteiger partial charge in [-0.15, -0.1) is 0 Å². The highest BCUT2D eigenvalue weighted by Crippen LogP contribution is 2.27. The minimum absolute atomic E-state index is 0.0658. The zero-order valence-corrected chi connectivity index (χ0v) is 15.7. The second-order valence-electron chi connectivity index (χ2n) is 7.58. The predicted octanol–water partition coefficient (Wildman–Crippen LogP) is 2.02. The number of morpholine rings is 1. The normalized spacial score (nSPS) is 21.4. The molecule has 1 aromatic heterocycles. The molecule has 4 rings (SSSR count). The van der Waals surface area contributed by atoms with Gasteiger partial charge in [0.05, 0.1) is 25.5 Å². The van der Waals surface area contributed by atoms with E-state index in [1.807, 2.05) is 11.8 Å². The van der Waals surface area contributed by atoms with E-state index in [0.717, 1.165) is 75.0 Å². The SMILES string of the molecule is Cc1nc2c(c(N3CCOCC3)n1)CN(C(=O)NC1CCCCC1)CC2. The van der Waals surface area contributed by atoms with Crippen molar-refractivity contribution in [1.29, 1.82) is 0 Å². The van der Waals surface area contributed by atoms with Crippen LogP contribution in [0.5, 0.6) is 0 Å². The number of anilines is 1. The summed E-state index contributed by atoms with van der Waals surface area (Å²) in [6.45, 7) is 6.42. The summed E-state index contributed by atoms with van der Waals surface area (Å²) in [5.74, 6) is 1.80. The Morgan fingerprint density at radius 3 is 2.65 bits per heavy atom. The summed E-state index contributed by atoms with van der Waals surface area (Å²) in [6, 6.07) is 0.404. The van der Waals surface area contributed by atoms with Gasteiger partial charge in [-0.25, -0.2) is 14.8 Å². The Labute approximate surface area is 155 Å². The maximum absolute atomic E-state index is 12.8. The van der Waals surface area contributed by atoms with Gasteiger partial charge in [-0.2, -0.15) is 0 Å². The fourth-order valence-corrected chi connectivity index (χ4v) is 4.24. The van der Waals surface area contributed by atoms with Gasteiger partial charge in [0.15, 0.2) is 0 Å². The van der Waals surface area contributed by atoms with Crippen LogP contribution in [0.25, 0.3) is 0 Å². The summed E-state index contributed by atoms with van der Waals surface area (Å²) < 4.78 is 5.48. The number of aryl methyl sites for hydroxylation is 1. The molecule has 0 aromatic carbocycles. The molecule has 7 nitrogen and oxygen atoms in total. The zero-order chi connectivity index (χ0) is 17.9. The van der Waals surface area contributed by atoms with Crippen molar-refractivity contribution in [2.75, 3.05) is 37.7 Å². The monoisotopic (exact) mass is 359 g/mol. The standard InChI is InChI=1S/C19H29N5O2/c1-14-20-17-7-8-24(19(25)22-15-5-3-2-4-6-15)13-16(17)18(21-14)23-9-11-26-12-10-23/h15H,2-13H2,1H3,(H,22,25). The van der Waals surface area contributed by atoms with Gasteiger partial charge in [0.1, 0.15) is 11.6 Å². The number of fused-ring (bicyclic) bond motifs is 1. The van der Waals surface area contributed by atoms with Crippen molar-refractivity contribution in [3.63, 3.8) is 0 Å². The van der Waals surface area contributed by atoms with E-state index in [1.165, 1.54) is 19.3 Å². The average Bonchev–Trinajstić information content (AvgIpc) is 2.68. The first-order valence-corrected chi connectivity index (χ1v) is 9.95. The van der Waals surface area contributed by atoms with Crippen LogP contribution in [-0.4, -0.2) is 59.8 Å². The van der Waals surface area contributed by atoms with Crippen LogP contribution in [0.15, 0.2) is 0 Å². The molecular formula is C19H29N5O2. The van der Waals surface area contributed by atoms with Crippen molar-refractivity contribution in [2.24, 2.45) is 0 Å². The third-order valence-corrected chi connectivity index (χ3v) is 5.68. The molecule has 1 saturated carbocycles. The van der Waals surface area contributed by atoms with Gasteiger partial charge in [-0.1, -0.05) is 19.3 Å². The predicted molar refractivity (Wildman–Crippen MR) is 99.3 cm³/mol. The van der Waals surface area contributed by atoms with Gasteiger partial charge in [0.2, 0.25) is 0 Å². The fourth-order valence-electron chi connectivity index (χ4n) is 4.24. The Morgan fingerprint density at radius 1 is 1.12 bits per heavy atom. The highest BCUT2D eigenvalue weighted by Gasteiger charge is 2.28. The topological polar surface area (TPSA) is 70.6 Å². The third kappa shape index (κ3) is 3.77. The van der Waals surface area contributed by atoms with E-state index in [-0.39, 0.29) is 6.03 Å². The molecule has 1 saturated heterocycles. The molecule has 0 bridgehead atoms. The summed E-state index contributed by atoms with van der Waals surface area (Å²) in [5.41, 5.74) is 2.21. The van der Waals surface area contributed by atoms with Gasteiger partial charge in [0.25, 0.3) is 0 Å². The van der Waals surface area contributed by atoms with Crippen LogP contribution in [0.1, 0.15) is 49.2 Å². The Balaban J connectivity index is 1.50. The van der Waals surface area contributed by atoms with Crippen LogP contribution in [0.2, 0.25) is 0 Å². The number of hydrogen-bond acceptors (Lipinski definition) is 5. The lowest BCUT2D eigenvalue weighted by molar-refractivity contribution is 0.122. The first-order valence-electron chi connectivity index (χ1n) is 9.95. The summed E-state index contributed by atoms with van der Waals surface area (Å²) >= 11 is 0. The second-order valence-corrected chi connectivity index (χ2v) is 7.58. The smallest absolute Gasteiger partial charge is 0.317 e. The van der Waals surface area contributed by atoms with Gasteiger partial charge < -0.3 is 19.9 Å². The molecule has 1 aromatic rings. The molecule has 0 unspecified atom stereocenters. The molecule has 26 heavy (non-hydrogen) atoms. The molecule has 3 aliphatic rings. The molecular weight excluding hydrogens is 330 g/mol. The van der Waals surface area contributed by atoms with E-state index < -0.39 is 0 Å². The fraction of sp³-hybridized carbons (Fsp3) is 0.737. The highest BCUT2D eigenvalue weighted by molar-refractivity contribution is 5.75. The number of rotatable bonds is 2. The van der Waals surface area contributed by atoms with E-state index in [4.69, 9.17) is 9.72 Å². The van der Waals surface area contributed by atoms with Crippen molar-refractivity contribution in [3.8, 4) is 0 Å². The van der Waals surface area contributed by atoms with Crippen molar-refractivity contribution >= 4 is 11.8 Å². The molecule has 142 valence electrons. The van der Waals surface area contributed by atoms with E-state index in [1.54, 1.807) is 0 Å². The molecule has 3 heterocycles. The number of nitrogens with zero attached hydrogens (tertiary/aromatic N) is 4. The third-order valence-electron chi connectivity index (χ3n) is 5.68. The second kappa shape index (κ2) is 7.78. The number of hydrogen-bond donors (Lipinski definition) is 1. The lowest BCUT2D eigenvalue weighted by atomic mass is 9.95. The summed E-state index contributed by atoms with van der Waals surface area (Å²) in [5, 5.41) is 3.24. The van der Waals surface area contributed by atoms with Gasteiger partial charge >= 0.3 is 6.03 Å². The summed E-state index contributed by atoms with van der Waals surface area (Å²) in [6.07, 6.45) is 6.76. The molecule has 2 fully saturated rings. The number of amides is 2. The molecule has 0 atom stereocenters. The largest absolute Gasteiger partial charge is 0.378 e. The van der Waals surface area contributed by atoms with Crippen molar-refractivity contribution in [3.05, 3.63) is 17.1 Å². The quantitative estimate of drug-likeness (QED) is 0.875. The molecule has 1 N–H and O–H groups in total. The first-order chi connectivity index (χ1) is 12.7. The van der Waals surface area contributed by atoms with Crippen LogP contribution in [0.3, 0.4) is 0 Å². The van der Waals surface area contributed by atoms with Crippen LogP contribution in [-0.2, 0) is 17.7 Å². The maximum Gasteiger partial charge on any atom is 0.317 e. The summed E-state index contributed by atoms with van der Waals surface area (Å²) in [4.78, 5) is 26.4. The number of carbonyl (C=O) groups excluding carboxylic acids is 1. The van der Waals surface area contributed by atoms with E-state index in [2.05, 4.69) is 15.2 Å². The van der Waals surface area contributed by atoms with Gasteiger partial charge in [-0.3, -0.25) is 0 Å². The Morgan fingerprint density at radius 2 is 1.88 bits per heavy atom. The van der Waals surface area contributed by atoms with Gasteiger partial charge in [0, 0.05) is 37.7 Å². The lowest BCUT2D eigenvalue weighted by Crippen LogP contribution is -2.48. The number of nitrogens with one attached hydrogen (secondary N) is 1. The molecule has 2 amide bonds. The van der Waals surface area contributed by atoms with E-state index >= 15 is 0 Å². The number of aromatic nitrogens is 2. The number of carbonyl (C=O) groups is 1. The number of ether oxygens (including phenoxy) is 1. The highest BCUT2D eigenvalue weighted by atomic mass is 16.5. The Bertz CT molecular complexity index is 654. The van der Waals surface area contributed by atoms with Crippen LogP contribution >= 0.6 is 0 Å². The molecule has 0 spiro atoms. The van der Waals surface area contributed by atoms with Crippen LogP contribution in [0.4, 0.5) is 10.6 Å². The van der Waals surface area contributed by atoms with Crippen LogP contribution < -0.4 is 10.2 Å². The maximum atomic E-state index is 12.8. The summed E-state index contributed by atoms with van der Waals surface area (Å²) in [7, 11) is 0. The Kier molecular flexibility index (Phi) is 5.24. The first kappa shape index (κ1) is 17.5. The average molecular weight is 359 g/mol. The lowest BCUT2D eigenvalue weighted by Gasteiger charge is -2.35. The van der Waals surface area contributed by atoms with Crippen molar-refractivity contribution in [1.82, 2.24) is 20.2 Å². The Hall–Kier alpha value is -1.89. The van der Waals surface area contributed by atoms with Crippen molar-refractivity contribution in [2.45, 2.75) is 58.0 Å². The molecule has 1 aliphatic carbocycles. The molecule has 2 aliphatic heterocycles. The number of urea groups is 1. The minimum atomic E-state index is 0.0658. The van der Waals surface area contributed by atoms with Crippen molar-refractivity contribution < 1.29 is 9.53 Å². The van der Waals surface area contributed by atoms with Gasteiger partial charge in [-0.05, 0) is 19.8 Å².